The maximum absolute atomic E-state index is 13.0. The van der Waals surface area contributed by atoms with E-state index in [1.165, 1.54) is 7.11 Å². The molecular weight excluding hydrogens is 320 g/mol. The Morgan fingerprint density at radius 2 is 1.64 bits per heavy atom. The van der Waals surface area contributed by atoms with Crippen LogP contribution in [0.25, 0.3) is 0 Å². The molecular formula is C19H32N2O4. The zero-order valence-electron chi connectivity index (χ0n) is 15.8. The Morgan fingerprint density at radius 1 is 1.04 bits per heavy atom. The smallest absolute Gasteiger partial charge is 0.325 e. The second-order valence-corrected chi connectivity index (χ2v) is 7.35. The third kappa shape index (κ3) is 5.44. The van der Waals surface area contributed by atoms with E-state index in [1.807, 2.05) is 4.90 Å². The molecule has 2 fully saturated rings. The van der Waals surface area contributed by atoms with Crippen LogP contribution in [0.1, 0.15) is 52.4 Å². The van der Waals surface area contributed by atoms with Gasteiger partial charge in [-0.3, -0.25) is 14.4 Å². The number of carbonyl (C=O) groups excluding carboxylic acids is 3. The average Bonchev–Trinajstić information content (AvgIpc) is 3.49. The second kappa shape index (κ2) is 9.20. The Bertz CT molecular complexity index is 478. The number of hydrogen-bond acceptors (Lipinski definition) is 4. The summed E-state index contributed by atoms with van der Waals surface area (Å²) in [6.45, 7) is 6.15. The molecule has 1 heterocycles. The first-order valence-electron chi connectivity index (χ1n) is 9.64. The second-order valence-electron chi connectivity index (χ2n) is 7.35. The van der Waals surface area contributed by atoms with E-state index in [-0.39, 0.29) is 36.2 Å². The lowest BCUT2D eigenvalue weighted by Crippen LogP contribution is -2.47. The van der Waals surface area contributed by atoms with Crippen LogP contribution < -0.4 is 0 Å². The molecule has 0 spiro atoms. The summed E-state index contributed by atoms with van der Waals surface area (Å²) < 4.78 is 4.76. The molecule has 0 aromatic carbocycles. The highest BCUT2D eigenvalue weighted by Gasteiger charge is 2.37. The molecule has 142 valence electrons. The van der Waals surface area contributed by atoms with Crippen LogP contribution >= 0.6 is 0 Å². The van der Waals surface area contributed by atoms with E-state index >= 15 is 0 Å². The standard InChI is InChI=1S/C19H32N2O4/c1-4-14(5-2)12-21(13-17(22)25-3)19(24)16-8-10-20(11-9-16)18(23)15-6-7-15/h14-16H,4-13H2,1-3H3. The Balaban J connectivity index is 1.93. The first-order valence-corrected chi connectivity index (χ1v) is 9.64. The number of esters is 1. The molecule has 6 nitrogen and oxygen atoms in total. The fraction of sp³-hybridized carbons (Fsp3) is 0.842. The highest BCUT2D eigenvalue weighted by atomic mass is 16.5. The third-order valence-corrected chi connectivity index (χ3v) is 5.58. The molecule has 0 unspecified atom stereocenters. The van der Waals surface area contributed by atoms with Crippen molar-refractivity contribution in [2.75, 3.05) is 33.3 Å². The summed E-state index contributed by atoms with van der Waals surface area (Å²) in [7, 11) is 1.35. The number of nitrogens with zero attached hydrogens (tertiary/aromatic N) is 2. The largest absolute Gasteiger partial charge is 0.468 e. The van der Waals surface area contributed by atoms with Crippen molar-refractivity contribution in [3.8, 4) is 0 Å². The Morgan fingerprint density at radius 3 is 2.12 bits per heavy atom. The Labute approximate surface area is 150 Å². The molecule has 1 saturated carbocycles. The van der Waals surface area contributed by atoms with Gasteiger partial charge in [-0.05, 0) is 31.6 Å². The number of likely N-dealkylation sites (tertiary alicyclic amines) is 1. The van der Waals surface area contributed by atoms with Crippen molar-refractivity contribution >= 4 is 17.8 Å². The molecule has 0 radical (unpaired) electrons. The number of piperidine rings is 1. The fourth-order valence-electron chi connectivity index (χ4n) is 3.50. The molecule has 0 atom stereocenters. The van der Waals surface area contributed by atoms with Crippen LogP contribution in [0.2, 0.25) is 0 Å². The number of ether oxygens (including phenoxy) is 1. The van der Waals surface area contributed by atoms with Crippen LogP contribution in [0.15, 0.2) is 0 Å². The number of carbonyl (C=O) groups is 3. The molecule has 25 heavy (non-hydrogen) atoms. The van der Waals surface area contributed by atoms with Gasteiger partial charge < -0.3 is 14.5 Å². The molecule has 1 aliphatic heterocycles. The van der Waals surface area contributed by atoms with E-state index < -0.39 is 0 Å². The summed E-state index contributed by atoms with van der Waals surface area (Å²) in [5.41, 5.74) is 0. The maximum atomic E-state index is 13.0. The normalized spacial score (nSPS) is 18.3. The molecule has 0 aromatic heterocycles. The van der Waals surface area contributed by atoms with Crippen LogP contribution in [0, 0.1) is 17.8 Å². The monoisotopic (exact) mass is 352 g/mol. The summed E-state index contributed by atoms with van der Waals surface area (Å²) in [6, 6.07) is 0. The van der Waals surface area contributed by atoms with Gasteiger partial charge in [0.2, 0.25) is 11.8 Å². The van der Waals surface area contributed by atoms with E-state index in [0.717, 1.165) is 25.7 Å². The van der Waals surface area contributed by atoms with Crippen LogP contribution in [0.4, 0.5) is 0 Å². The molecule has 2 rings (SSSR count). The van der Waals surface area contributed by atoms with E-state index in [1.54, 1.807) is 4.90 Å². The van der Waals surface area contributed by atoms with Crippen molar-refractivity contribution < 1.29 is 19.1 Å². The molecule has 6 heteroatoms. The summed E-state index contributed by atoms with van der Waals surface area (Å²) in [6.07, 6.45) is 5.38. The number of hydrogen-bond donors (Lipinski definition) is 0. The molecule has 0 bridgehead atoms. The van der Waals surface area contributed by atoms with Crippen LogP contribution in [0.5, 0.6) is 0 Å². The molecule has 1 aliphatic carbocycles. The van der Waals surface area contributed by atoms with Crippen molar-refractivity contribution in [2.45, 2.75) is 52.4 Å². The van der Waals surface area contributed by atoms with E-state index in [4.69, 9.17) is 4.74 Å². The topological polar surface area (TPSA) is 66.9 Å². The summed E-state index contributed by atoms with van der Waals surface area (Å²) in [5.74, 6) is 0.455. The van der Waals surface area contributed by atoms with E-state index in [9.17, 15) is 14.4 Å². The van der Waals surface area contributed by atoms with Gasteiger partial charge in [0, 0.05) is 31.5 Å². The predicted molar refractivity (Wildman–Crippen MR) is 94.7 cm³/mol. The third-order valence-electron chi connectivity index (χ3n) is 5.58. The van der Waals surface area contributed by atoms with Gasteiger partial charge in [0.15, 0.2) is 0 Å². The molecule has 0 N–H and O–H groups in total. The van der Waals surface area contributed by atoms with Gasteiger partial charge in [0.1, 0.15) is 6.54 Å². The Hall–Kier alpha value is -1.59. The number of rotatable bonds is 8. The molecule has 2 amide bonds. The Kier molecular flexibility index (Phi) is 7.26. The summed E-state index contributed by atoms with van der Waals surface area (Å²) in [5, 5.41) is 0. The van der Waals surface area contributed by atoms with Crippen molar-refractivity contribution in [2.24, 2.45) is 17.8 Å². The number of methoxy groups -OCH3 is 1. The zero-order chi connectivity index (χ0) is 18.4. The van der Waals surface area contributed by atoms with Gasteiger partial charge >= 0.3 is 5.97 Å². The molecule has 1 saturated heterocycles. The van der Waals surface area contributed by atoms with Crippen molar-refractivity contribution in [1.82, 2.24) is 9.80 Å². The van der Waals surface area contributed by atoms with Gasteiger partial charge in [0.05, 0.1) is 7.11 Å². The lowest BCUT2D eigenvalue weighted by atomic mass is 9.94. The minimum Gasteiger partial charge on any atom is -0.468 e. The van der Waals surface area contributed by atoms with Gasteiger partial charge in [-0.1, -0.05) is 26.7 Å². The molecule has 0 aromatic rings. The quantitative estimate of drug-likeness (QED) is 0.627. The van der Waals surface area contributed by atoms with Crippen molar-refractivity contribution in [3.05, 3.63) is 0 Å². The van der Waals surface area contributed by atoms with Gasteiger partial charge in [0.25, 0.3) is 0 Å². The highest BCUT2D eigenvalue weighted by molar-refractivity contribution is 5.84. The van der Waals surface area contributed by atoms with Gasteiger partial charge in [-0.25, -0.2) is 0 Å². The highest BCUT2D eigenvalue weighted by Crippen LogP contribution is 2.32. The van der Waals surface area contributed by atoms with Gasteiger partial charge in [-0.15, -0.1) is 0 Å². The SMILES string of the molecule is CCC(CC)CN(CC(=O)OC)C(=O)C1CCN(C(=O)C2CC2)CC1. The lowest BCUT2D eigenvalue weighted by Gasteiger charge is -2.35. The van der Waals surface area contributed by atoms with Gasteiger partial charge in [-0.2, -0.15) is 0 Å². The number of amides is 2. The van der Waals surface area contributed by atoms with Crippen molar-refractivity contribution in [1.29, 1.82) is 0 Å². The summed E-state index contributed by atoms with van der Waals surface area (Å²) in [4.78, 5) is 40.4. The maximum Gasteiger partial charge on any atom is 0.325 e. The minimum absolute atomic E-state index is 0.0209. The van der Waals surface area contributed by atoms with E-state index in [2.05, 4.69) is 13.8 Å². The molecule has 2 aliphatic rings. The zero-order valence-corrected chi connectivity index (χ0v) is 15.8. The minimum atomic E-state index is -0.374. The van der Waals surface area contributed by atoms with E-state index in [0.29, 0.717) is 38.4 Å². The average molecular weight is 352 g/mol. The first-order chi connectivity index (χ1) is 12.0. The summed E-state index contributed by atoms with van der Waals surface area (Å²) >= 11 is 0. The van der Waals surface area contributed by atoms with Crippen LogP contribution in [0.3, 0.4) is 0 Å². The van der Waals surface area contributed by atoms with Crippen LogP contribution in [-0.4, -0.2) is 60.9 Å². The fourth-order valence-corrected chi connectivity index (χ4v) is 3.50. The predicted octanol–water partition coefficient (Wildman–Crippen LogP) is 2.07. The first kappa shape index (κ1) is 19.7. The van der Waals surface area contributed by atoms with Crippen molar-refractivity contribution in [3.63, 3.8) is 0 Å². The van der Waals surface area contributed by atoms with Crippen LogP contribution in [-0.2, 0) is 19.1 Å². The lowest BCUT2D eigenvalue weighted by molar-refractivity contribution is -0.150.